The van der Waals surface area contributed by atoms with E-state index in [9.17, 15) is 0 Å². The summed E-state index contributed by atoms with van der Waals surface area (Å²) < 4.78 is 0. The van der Waals surface area contributed by atoms with Crippen LogP contribution in [-0.4, -0.2) is 4.98 Å². The molecule has 1 unspecified atom stereocenters. The standard InChI is InChI=1S/C12H14N2S/c1-9-7-12(3-5-13-9)14-10(2)11-4-6-15-8-11/h3-8,10H,1-2H3,(H,13,14). The van der Waals surface area contributed by atoms with Gasteiger partial charge in [0.15, 0.2) is 0 Å². The van der Waals surface area contributed by atoms with E-state index in [1.165, 1.54) is 5.56 Å². The minimum Gasteiger partial charge on any atom is -0.378 e. The first-order chi connectivity index (χ1) is 7.25. The minimum absolute atomic E-state index is 0.345. The normalized spacial score (nSPS) is 12.4. The first-order valence-electron chi connectivity index (χ1n) is 4.97. The molecule has 2 heterocycles. The zero-order valence-electron chi connectivity index (χ0n) is 8.90. The number of anilines is 1. The van der Waals surface area contributed by atoms with Crippen molar-refractivity contribution >= 4 is 17.0 Å². The first kappa shape index (κ1) is 10.2. The smallest absolute Gasteiger partial charge is 0.0493 e. The van der Waals surface area contributed by atoms with Gasteiger partial charge in [-0.05, 0) is 48.4 Å². The third-order valence-electron chi connectivity index (χ3n) is 2.32. The van der Waals surface area contributed by atoms with Crippen molar-refractivity contribution in [2.24, 2.45) is 0 Å². The molecule has 0 aromatic carbocycles. The highest BCUT2D eigenvalue weighted by molar-refractivity contribution is 7.07. The largest absolute Gasteiger partial charge is 0.378 e. The Bertz CT molecular complexity index is 423. The average molecular weight is 218 g/mol. The summed E-state index contributed by atoms with van der Waals surface area (Å²) in [6, 6.07) is 6.55. The molecular formula is C12H14N2S. The van der Waals surface area contributed by atoms with Crippen LogP contribution >= 0.6 is 11.3 Å². The Kier molecular flexibility index (Phi) is 3.02. The van der Waals surface area contributed by atoms with E-state index in [2.05, 4.69) is 40.1 Å². The van der Waals surface area contributed by atoms with Crippen LogP contribution in [0.3, 0.4) is 0 Å². The molecule has 0 saturated carbocycles. The quantitative estimate of drug-likeness (QED) is 0.851. The fraction of sp³-hybridized carbons (Fsp3) is 0.250. The van der Waals surface area contributed by atoms with Crippen molar-refractivity contribution in [3.63, 3.8) is 0 Å². The summed E-state index contributed by atoms with van der Waals surface area (Å²) >= 11 is 1.73. The molecule has 2 aromatic heterocycles. The van der Waals surface area contributed by atoms with Gasteiger partial charge in [0.2, 0.25) is 0 Å². The van der Waals surface area contributed by atoms with Crippen molar-refractivity contribution in [3.05, 3.63) is 46.4 Å². The molecular weight excluding hydrogens is 204 g/mol. The van der Waals surface area contributed by atoms with Crippen LogP contribution < -0.4 is 5.32 Å². The number of nitrogens with one attached hydrogen (secondary N) is 1. The fourth-order valence-corrected chi connectivity index (χ4v) is 2.24. The van der Waals surface area contributed by atoms with Gasteiger partial charge in [-0.1, -0.05) is 0 Å². The monoisotopic (exact) mass is 218 g/mol. The highest BCUT2D eigenvalue weighted by Crippen LogP contribution is 2.20. The molecule has 2 aromatic rings. The van der Waals surface area contributed by atoms with E-state index in [1.807, 2.05) is 19.2 Å². The molecule has 1 N–H and O–H groups in total. The third-order valence-corrected chi connectivity index (χ3v) is 3.02. The maximum Gasteiger partial charge on any atom is 0.0493 e. The van der Waals surface area contributed by atoms with E-state index in [0.29, 0.717) is 6.04 Å². The zero-order valence-corrected chi connectivity index (χ0v) is 9.71. The van der Waals surface area contributed by atoms with Crippen LogP contribution in [0.5, 0.6) is 0 Å². The molecule has 2 rings (SSSR count). The molecule has 15 heavy (non-hydrogen) atoms. The molecule has 0 aliphatic rings. The number of aromatic nitrogens is 1. The minimum atomic E-state index is 0.345. The molecule has 0 fully saturated rings. The van der Waals surface area contributed by atoms with Gasteiger partial charge in [0, 0.05) is 23.6 Å². The van der Waals surface area contributed by atoms with Crippen LogP contribution in [0.1, 0.15) is 24.2 Å². The van der Waals surface area contributed by atoms with Crippen LogP contribution in [-0.2, 0) is 0 Å². The maximum absolute atomic E-state index is 4.17. The molecule has 3 heteroatoms. The lowest BCUT2D eigenvalue weighted by molar-refractivity contribution is 0.889. The summed E-state index contributed by atoms with van der Waals surface area (Å²) in [5.41, 5.74) is 3.49. The zero-order chi connectivity index (χ0) is 10.7. The van der Waals surface area contributed by atoms with Gasteiger partial charge in [-0.15, -0.1) is 0 Å². The Hall–Kier alpha value is -1.35. The van der Waals surface area contributed by atoms with Crippen LogP contribution in [0, 0.1) is 6.92 Å². The van der Waals surface area contributed by atoms with Crippen LogP contribution in [0.4, 0.5) is 5.69 Å². The number of hydrogen-bond acceptors (Lipinski definition) is 3. The van der Waals surface area contributed by atoms with Crippen molar-refractivity contribution < 1.29 is 0 Å². The number of rotatable bonds is 3. The molecule has 78 valence electrons. The van der Waals surface area contributed by atoms with Crippen LogP contribution in [0.2, 0.25) is 0 Å². The van der Waals surface area contributed by atoms with E-state index < -0.39 is 0 Å². The Labute approximate surface area is 94.0 Å². The van der Waals surface area contributed by atoms with Crippen molar-refractivity contribution in [2.75, 3.05) is 5.32 Å². The highest BCUT2D eigenvalue weighted by Gasteiger charge is 2.05. The van der Waals surface area contributed by atoms with Crippen molar-refractivity contribution in [1.82, 2.24) is 4.98 Å². The van der Waals surface area contributed by atoms with Gasteiger partial charge in [0.1, 0.15) is 0 Å². The van der Waals surface area contributed by atoms with Gasteiger partial charge in [-0.25, -0.2) is 0 Å². The second kappa shape index (κ2) is 4.45. The van der Waals surface area contributed by atoms with Gasteiger partial charge in [0.05, 0.1) is 0 Å². The Morgan fingerprint density at radius 2 is 2.27 bits per heavy atom. The average Bonchev–Trinajstić information content (AvgIpc) is 2.70. The lowest BCUT2D eigenvalue weighted by Gasteiger charge is -2.14. The number of hydrogen-bond donors (Lipinski definition) is 1. The summed E-state index contributed by atoms with van der Waals surface area (Å²) in [7, 11) is 0. The molecule has 1 atom stereocenters. The SMILES string of the molecule is Cc1cc(NC(C)c2ccsc2)ccn1. The molecule has 0 amide bonds. The summed E-state index contributed by atoms with van der Waals surface area (Å²) in [5.74, 6) is 0. The van der Waals surface area contributed by atoms with E-state index in [-0.39, 0.29) is 0 Å². The number of aryl methyl sites for hydroxylation is 1. The third kappa shape index (κ3) is 2.57. The summed E-state index contributed by atoms with van der Waals surface area (Å²) in [5, 5.41) is 7.73. The number of thiophene rings is 1. The lowest BCUT2D eigenvalue weighted by Crippen LogP contribution is -2.05. The predicted octanol–water partition coefficient (Wildman–Crippen LogP) is 3.62. The molecule has 0 saturated heterocycles. The van der Waals surface area contributed by atoms with Gasteiger partial charge in [0.25, 0.3) is 0 Å². The molecule has 0 aliphatic heterocycles. The number of pyridine rings is 1. The summed E-state index contributed by atoms with van der Waals surface area (Å²) in [6.45, 7) is 4.16. The second-order valence-corrected chi connectivity index (χ2v) is 4.39. The van der Waals surface area contributed by atoms with Crippen molar-refractivity contribution in [1.29, 1.82) is 0 Å². The van der Waals surface area contributed by atoms with Gasteiger partial charge < -0.3 is 5.32 Å². The van der Waals surface area contributed by atoms with Crippen LogP contribution in [0.25, 0.3) is 0 Å². The Morgan fingerprint density at radius 3 is 2.93 bits per heavy atom. The van der Waals surface area contributed by atoms with Crippen molar-refractivity contribution in [3.8, 4) is 0 Å². The Balaban J connectivity index is 2.09. The van der Waals surface area contributed by atoms with E-state index in [1.54, 1.807) is 11.3 Å². The van der Waals surface area contributed by atoms with E-state index in [0.717, 1.165) is 11.4 Å². The topological polar surface area (TPSA) is 24.9 Å². The highest BCUT2D eigenvalue weighted by atomic mass is 32.1. The molecule has 2 nitrogen and oxygen atoms in total. The van der Waals surface area contributed by atoms with E-state index in [4.69, 9.17) is 0 Å². The van der Waals surface area contributed by atoms with Gasteiger partial charge >= 0.3 is 0 Å². The van der Waals surface area contributed by atoms with Crippen LogP contribution in [0.15, 0.2) is 35.2 Å². The first-order valence-corrected chi connectivity index (χ1v) is 5.91. The van der Waals surface area contributed by atoms with E-state index >= 15 is 0 Å². The molecule has 0 spiro atoms. The molecule has 0 bridgehead atoms. The van der Waals surface area contributed by atoms with Crippen molar-refractivity contribution in [2.45, 2.75) is 19.9 Å². The molecule has 0 aliphatic carbocycles. The lowest BCUT2D eigenvalue weighted by atomic mass is 10.2. The van der Waals surface area contributed by atoms with Gasteiger partial charge in [-0.2, -0.15) is 11.3 Å². The summed E-state index contributed by atoms with van der Waals surface area (Å²) in [4.78, 5) is 4.17. The number of nitrogens with zero attached hydrogens (tertiary/aromatic N) is 1. The second-order valence-electron chi connectivity index (χ2n) is 3.61. The maximum atomic E-state index is 4.17. The molecule has 0 radical (unpaired) electrons. The fourth-order valence-electron chi connectivity index (χ4n) is 1.49. The summed E-state index contributed by atoms with van der Waals surface area (Å²) in [6.07, 6.45) is 1.83. The predicted molar refractivity (Wildman–Crippen MR) is 65.3 cm³/mol. The Morgan fingerprint density at radius 1 is 1.40 bits per heavy atom. The van der Waals surface area contributed by atoms with Gasteiger partial charge in [-0.3, -0.25) is 4.98 Å².